The molecule has 0 saturated carbocycles. The first-order chi connectivity index (χ1) is 8.52. The number of ether oxygens (including phenoxy) is 1. The highest BCUT2D eigenvalue weighted by molar-refractivity contribution is 9.10. The smallest absolute Gasteiger partial charge is 0.261 e. The van der Waals surface area contributed by atoms with E-state index in [2.05, 4.69) is 15.9 Å². The molecular formula is C13H16BrF2NO. The van der Waals surface area contributed by atoms with Gasteiger partial charge in [0.1, 0.15) is 5.75 Å². The molecule has 0 radical (unpaired) electrons. The summed E-state index contributed by atoms with van der Waals surface area (Å²) in [6.07, 6.45) is -0.0506. The van der Waals surface area contributed by atoms with E-state index in [1.54, 1.807) is 4.90 Å². The van der Waals surface area contributed by atoms with Gasteiger partial charge in [0.25, 0.3) is 5.92 Å². The zero-order valence-electron chi connectivity index (χ0n) is 10.3. The lowest BCUT2D eigenvalue weighted by molar-refractivity contribution is 0.0114. The van der Waals surface area contributed by atoms with Gasteiger partial charge in [-0.3, -0.25) is 4.90 Å². The van der Waals surface area contributed by atoms with Crippen molar-refractivity contribution >= 4 is 15.9 Å². The maximum absolute atomic E-state index is 13.1. The second kappa shape index (κ2) is 5.53. The van der Waals surface area contributed by atoms with Crippen molar-refractivity contribution in [1.82, 2.24) is 4.90 Å². The van der Waals surface area contributed by atoms with Crippen LogP contribution in [0.15, 0.2) is 22.7 Å². The van der Waals surface area contributed by atoms with Crippen molar-refractivity contribution in [2.45, 2.75) is 25.8 Å². The summed E-state index contributed by atoms with van der Waals surface area (Å²) in [5.41, 5.74) is 0.948. The molecule has 0 aromatic heterocycles. The number of para-hydroxylation sites is 1. The normalized spacial score (nSPS) is 19.1. The molecule has 0 atom stereocenters. The minimum Gasteiger partial charge on any atom is -0.492 e. The van der Waals surface area contributed by atoms with Gasteiger partial charge in [0.05, 0.1) is 17.6 Å². The lowest BCUT2D eigenvalue weighted by Gasteiger charge is -2.18. The van der Waals surface area contributed by atoms with Crippen molar-refractivity contribution in [3.63, 3.8) is 0 Å². The number of hydrogen-bond acceptors (Lipinski definition) is 2. The zero-order chi connectivity index (χ0) is 13.2. The van der Waals surface area contributed by atoms with Gasteiger partial charge in [-0.05, 0) is 28.9 Å². The van der Waals surface area contributed by atoms with Crippen LogP contribution < -0.4 is 4.74 Å². The van der Waals surface area contributed by atoms with E-state index in [1.165, 1.54) is 0 Å². The van der Waals surface area contributed by atoms with Crippen molar-refractivity contribution in [2.75, 3.05) is 19.7 Å². The molecule has 1 saturated heterocycles. The number of rotatable bonds is 4. The van der Waals surface area contributed by atoms with Crippen LogP contribution >= 0.6 is 15.9 Å². The molecule has 0 spiro atoms. The lowest BCUT2D eigenvalue weighted by atomic mass is 10.2. The third kappa shape index (κ3) is 3.20. The molecule has 0 unspecified atom stereocenters. The quantitative estimate of drug-likeness (QED) is 0.839. The van der Waals surface area contributed by atoms with Crippen molar-refractivity contribution in [2.24, 2.45) is 0 Å². The zero-order valence-corrected chi connectivity index (χ0v) is 11.8. The Balaban J connectivity index is 2.12. The fourth-order valence-corrected chi connectivity index (χ4v) is 2.69. The lowest BCUT2D eigenvalue weighted by Crippen LogP contribution is -2.25. The number of hydrogen-bond donors (Lipinski definition) is 0. The molecule has 100 valence electrons. The van der Waals surface area contributed by atoms with Crippen LogP contribution in [0.4, 0.5) is 8.78 Å². The molecule has 1 heterocycles. The molecule has 1 aromatic carbocycles. The average molecular weight is 320 g/mol. The molecule has 0 bridgehead atoms. The van der Waals surface area contributed by atoms with Gasteiger partial charge >= 0.3 is 0 Å². The summed E-state index contributed by atoms with van der Waals surface area (Å²) in [6, 6.07) is 5.72. The highest BCUT2D eigenvalue weighted by Gasteiger charge is 2.38. The van der Waals surface area contributed by atoms with Gasteiger partial charge in [0.2, 0.25) is 0 Å². The molecule has 0 aliphatic carbocycles. The van der Waals surface area contributed by atoms with E-state index in [0.717, 1.165) is 15.8 Å². The van der Waals surface area contributed by atoms with Gasteiger partial charge in [-0.2, -0.15) is 0 Å². The summed E-state index contributed by atoms with van der Waals surface area (Å²) in [5.74, 6) is -1.78. The van der Waals surface area contributed by atoms with Crippen molar-refractivity contribution in [1.29, 1.82) is 0 Å². The van der Waals surface area contributed by atoms with Gasteiger partial charge in [-0.15, -0.1) is 0 Å². The Morgan fingerprint density at radius 1 is 1.44 bits per heavy atom. The molecule has 2 nitrogen and oxygen atoms in total. The summed E-state index contributed by atoms with van der Waals surface area (Å²) in [5, 5.41) is 0. The molecule has 1 aromatic rings. The molecule has 0 N–H and O–H groups in total. The summed E-state index contributed by atoms with van der Waals surface area (Å²) < 4.78 is 32.7. The number of likely N-dealkylation sites (tertiary alicyclic amines) is 1. The summed E-state index contributed by atoms with van der Waals surface area (Å²) in [7, 11) is 0. The third-order valence-corrected chi connectivity index (χ3v) is 3.60. The van der Waals surface area contributed by atoms with Crippen LogP contribution in [-0.2, 0) is 6.54 Å². The van der Waals surface area contributed by atoms with Gasteiger partial charge < -0.3 is 4.74 Å². The largest absolute Gasteiger partial charge is 0.492 e. The summed E-state index contributed by atoms with van der Waals surface area (Å²) >= 11 is 3.43. The van der Waals surface area contributed by atoms with Crippen LogP contribution in [-0.4, -0.2) is 30.5 Å². The highest BCUT2D eigenvalue weighted by Crippen LogP contribution is 2.33. The second-order valence-electron chi connectivity index (χ2n) is 4.48. The Hall–Kier alpha value is -0.680. The maximum atomic E-state index is 13.1. The highest BCUT2D eigenvalue weighted by atomic mass is 79.9. The van der Waals surface area contributed by atoms with Gasteiger partial charge in [0.15, 0.2) is 0 Å². The summed E-state index contributed by atoms with van der Waals surface area (Å²) in [6.45, 7) is 3.25. The Kier molecular flexibility index (Phi) is 4.22. The molecular weight excluding hydrogens is 304 g/mol. The van der Waals surface area contributed by atoms with E-state index < -0.39 is 5.92 Å². The van der Waals surface area contributed by atoms with E-state index in [9.17, 15) is 8.78 Å². The van der Waals surface area contributed by atoms with E-state index in [4.69, 9.17) is 4.74 Å². The maximum Gasteiger partial charge on any atom is 0.261 e. The van der Waals surface area contributed by atoms with Gasteiger partial charge in [-0.25, -0.2) is 8.78 Å². The molecule has 2 rings (SSSR count). The van der Waals surface area contributed by atoms with Crippen LogP contribution in [0.5, 0.6) is 5.75 Å². The summed E-state index contributed by atoms with van der Waals surface area (Å²) in [4.78, 5) is 1.77. The Bertz CT molecular complexity index is 425. The SMILES string of the molecule is CCOc1c(Br)cccc1CN1CCC(F)(F)C1. The molecule has 1 aliphatic rings. The van der Waals surface area contributed by atoms with E-state index in [1.807, 2.05) is 25.1 Å². The van der Waals surface area contributed by atoms with Crippen molar-refractivity contribution in [3.8, 4) is 5.75 Å². The minimum atomic E-state index is -2.54. The average Bonchev–Trinajstić information content (AvgIpc) is 2.63. The fraction of sp³-hybridized carbons (Fsp3) is 0.538. The first-order valence-corrected chi connectivity index (χ1v) is 6.81. The van der Waals surface area contributed by atoms with Crippen LogP contribution in [0, 0.1) is 0 Å². The first kappa shape index (κ1) is 13.7. The molecule has 1 aliphatic heterocycles. The number of benzene rings is 1. The van der Waals surface area contributed by atoms with Crippen molar-refractivity contribution in [3.05, 3.63) is 28.2 Å². The van der Waals surface area contributed by atoms with Gasteiger partial charge in [0, 0.05) is 25.1 Å². The molecule has 0 amide bonds. The van der Waals surface area contributed by atoms with Crippen LogP contribution in [0.1, 0.15) is 18.9 Å². The Morgan fingerprint density at radius 3 is 2.83 bits per heavy atom. The Labute approximate surface area is 114 Å². The fourth-order valence-electron chi connectivity index (χ4n) is 2.17. The van der Waals surface area contributed by atoms with Gasteiger partial charge in [-0.1, -0.05) is 12.1 Å². The Morgan fingerprint density at radius 2 is 2.22 bits per heavy atom. The predicted octanol–water partition coefficient (Wildman–Crippen LogP) is 3.69. The minimum absolute atomic E-state index is 0.0506. The topological polar surface area (TPSA) is 12.5 Å². The van der Waals surface area contributed by atoms with Crippen LogP contribution in [0.25, 0.3) is 0 Å². The predicted molar refractivity (Wildman–Crippen MR) is 70.2 cm³/mol. The van der Waals surface area contributed by atoms with Crippen LogP contribution in [0.3, 0.4) is 0 Å². The molecule has 18 heavy (non-hydrogen) atoms. The first-order valence-electron chi connectivity index (χ1n) is 6.02. The monoisotopic (exact) mass is 319 g/mol. The standard InChI is InChI=1S/C13H16BrF2NO/c1-2-18-12-10(4-3-5-11(12)14)8-17-7-6-13(15,16)9-17/h3-5H,2,6-9H2,1H3. The molecule has 5 heteroatoms. The van der Waals surface area contributed by atoms with E-state index in [-0.39, 0.29) is 13.0 Å². The number of halogens is 3. The van der Waals surface area contributed by atoms with Crippen molar-refractivity contribution < 1.29 is 13.5 Å². The third-order valence-electron chi connectivity index (χ3n) is 2.98. The number of nitrogens with zero attached hydrogens (tertiary/aromatic N) is 1. The number of alkyl halides is 2. The molecule has 1 fully saturated rings. The second-order valence-corrected chi connectivity index (χ2v) is 5.33. The van der Waals surface area contributed by atoms with E-state index in [0.29, 0.717) is 19.7 Å². The van der Waals surface area contributed by atoms with Crippen LogP contribution in [0.2, 0.25) is 0 Å². The van der Waals surface area contributed by atoms with E-state index >= 15 is 0 Å².